The fraction of sp³-hybridized carbons (Fsp3) is 0.240. The maximum atomic E-state index is 13.6. The lowest BCUT2D eigenvalue weighted by Crippen LogP contribution is -2.48. The molecule has 1 N–H and O–H groups in total. The molecule has 0 aromatic heterocycles. The lowest BCUT2D eigenvalue weighted by molar-refractivity contribution is -0.122. The lowest BCUT2D eigenvalue weighted by atomic mass is 10.1. The predicted molar refractivity (Wildman–Crippen MR) is 129 cm³/mol. The SMILES string of the molecule is CCOc1ccccc1NC(=O)C1CN(S(=O)(=O)c2ccc(OC)cc2)c2ccc(C)cc2O1. The van der Waals surface area contributed by atoms with Crippen LogP contribution in [-0.4, -0.2) is 40.7 Å². The second-order valence-corrected chi connectivity index (χ2v) is 9.57. The zero-order chi connectivity index (χ0) is 24.3. The van der Waals surface area contributed by atoms with Gasteiger partial charge < -0.3 is 19.5 Å². The molecule has 1 aliphatic heterocycles. The third-order valence-corrected chi connectivity index (χ3v) is 7.16. The monoisotopic (exact) mass is 482 g/mol. The number of anilines is 2. The molecule has 1 amide bonds. The molecule has 0 saturated carbocycles. The second kappa shape index (κ2) is 9.64. The van der Waals surface area contributed by atoms with Gasteiger partial charge in [0.1, 0.15) is 17.2 Å². The molecule has 1 aliphatic rings. The van der Waals surface area contributed by atoms with E-state index in [0.717, 1.165) is 5.56 Å². The van der Waals surface area contributed by atoms with E-state index < -0.39 is 22.0 Å². The van der Waals surface area contributed by atoms with Crippen molar-refractivity contribution in [2.75, 3.05) is 29.9 Å². The molecule has 0 fully saturated rings. The first-order valence-electron chi connectivity index (χ1n) is 10.8. The van der Waals surface area contributed by atoms with E-state index in [1.165, 1.54) is 23.5 Å². The number of amides is 1. The number of para-hydroxylation sites is 2. The molecule has 0 saturated heterocycles. The highest BCUT2D eigenvalue weighted by Crippen LogP contribution is 2.38. The van der Waals surface area contributed by atoms with E-state index in [-0.39, 0.29) is 11.4 Å². The van der Waals surface area contributed by atoms with Gasteiger partial charge in [0.25, 0.3) is 15.9 Å². The fourth-order valence-electron chi connectivity index (χ4n) is 3.66. The van der Waals surface area contributed by atoms with Crippen LogP contribution in [0.3, 0.4) is 0 Å². The van der Waals surface area contributed by atoms with E-state index in [2.05, 4.69) is 5.32 Å². The third-order valence-electron chi connectivity index (χ3n) is 5.37. The highest BCUT2D eigenvalue weighted by molar-refractivity contribution is 7.92. The number of aryl methyl sites for hydroxylation is 1. The van der Waals surface area contributed by atoms with Crippen molar-refractivity contribution >= 4 is 27.3 Å². The Labute approximate surface area is 199 Å². The minimum Gasteiger partial charge on any atom is -0.497 e. The van der Waals surface area contributed by atoms with Gasteiger partial charge in [-0.3, -0.25) is 9.10 Å². The summed E-state index contributed by atoms with van der Waals surface area (Å²) in [4.78, 5) is 13.3. The van der Waals surface area contributed by atoms with Crippen molar-refractivity contribution in [1.29, 1.82) is 0 Å². The molecule has 178 valence electrons. The van der Waals surface area contributed by atoms with Crippen molar-refractivity contribution in [2.24, 2.45) is 0 Å². The standard InChI is InChI=1S/C25H26N2O6S/c1-4-32-22-8-6-5-7-20(22)26-25(28)24-16-27(21-14-9-17(2)15-23(21)33-24)34(29,30)19-12-10-18(31-3)11-13-19/h5-15,24H,4,16H2,1-3H3,(H,26,28). The van der Waals surface area contributed by atoms with Crippen LogP contribution in [0.25, 0.3) is 0 Å². The molecule has 34 heavy (non-hydrogen) atoms. The van der Waals surface area contributed by atoms with Crippen LogP contribution in [0.1, 0.15) is 12.5 Å². The van der Waals surface area contributed by atoms with Crippen molar-refractivity contribution in [3.05, 3.63) is 72.3 Å². The van der Waals surface area contributed by atoms with Crippen LogP contribution in [0.2, 0.25) is 0 Å². The molecule has 0 spiro atoms. The molecule has 9 heteroatoms. The molecular weight excluding hydrogens is 456 g/mol. The fourth-order valence-corrected chi connectivity index (χ4v) is 5.14. The predicted octanol–water partition coefficient (Wildman–Crippen LogP) is 4.00. The van der Waals surface area contributed by atoms with Crippen molar-refractivity contribution in [3.63, 3.8) is 0 Å². The second-order valence-electron chi connectivity index (χ2n) is 7.71. The van der Waals surface area contributed by atoms with Crippen LogP contribution in [0.5, 0.6) is 17.2 Å². The number of nitrogens with one attached hydrogen (secondary N) is 1. The van der Waals surface area contributed by atoms with Crippen molar-refractivity contribution < 1.29 is 27.4 Å². The number of fused-ring (bicyclic) bond motifs is 1. The normalized spacial score (nSPS) is 15.1. The van der Waals surface area contributed by atoms with Crippen LogP contribution in [0.15, 0.2) is 71.6 Å². The van der Waals surface area contributed by atoms with Crippen LogP contribution in [0, 0.1) is 6.92 Å². The highest BCUT2D eigenvalue weighted by Gasteiger charge is 2.38. The summed E-state index contributed by atoms with van der Waals surface area (Å²) in [7, 11) is -2.47. The number of carbonyl (C=O) groups excluding carboxylic acids is 1. The van der Waals surface area contributed by atoms with E-state index >= 15 is 0 Å². The van der Waals surface area contributed by atoms with Crippen LogP contribution in [-0.2, 0) is 14.8 Å². The first kappa shape index (κ1) is 23.4. The van der Waals surface area contributed by atoms with Crippen LogP contribution >= 0.6 is 0 Å². The minimum atomic E-state index is -3.98. The quantitative estimate of drug-likeness (QED) is 0.547. The van der Waals surface area contributed by atoms with E-state index in [1.807, 2.05) is 13.8 Å². The Morgan fingerprint density at radius 2 is 1.85 bits per heavy atom. The van der Waals surface area contributed by atoms with Gasteiger partial charge in [-0.05, 0) is 67.9 Å². The molecule has 1 heterocycles. The van der Waals surface area contributed by atoms with Gasteiger partial charge in [-0.25, -0.2) is 8.42 Å². The molecule has 0 radical (unpaired) electrons. The smallest absolute Gasteiger partial charge is 0.267 e. The Hall–Kier alpha value is -3.72. The van der Waals surface area contributed by atoms with Gasteiger partial charge in [-0.15, -0.1) is 0 Å². The Bertz CT molecular complexity index is 1290. The van der Waals surface area contributed by atoms with Gasteiger partial charge in [0.05, 0.1) is 36.5 Å². The van der Waals surface area contributed by atoms with Crippen molar-refractivity contribution in [1.82, 2.24) is 0 Å². The maximum absolute atomic E-state index is 13.6. The topological polar surface area (TPSA) is 94.2 Å². The highest BCUT2D eigenvalue weighted by atomic mass is 32.2. The Kier molecular flexibility index (Phi) is 6.65. The molecule has 0 aliphatic carbocycles. The van der Waals surface area contributed by atoms with Gasteiger partial charge in [-0.1, -0.05) is 18.2 Å². The summed E-state index contributed by atoms with van der Waals surface area (Å²) in [6, 6.07) is 18.4. The summed E-state index contributed by atoms with van der Waals surface area (Å²) < 4.78 is 45.1. The summed E-state index contributed by atoms with van der Waals surface area (Å²) in [5.41, 5.74) is 1.74. The van der Waals surface area contributed by atoms with Crippen molar-refractivity contribution in [2.45, 2.75) is 24.8 Å². The Balaban J connectivity index is 1.67. The summed E-state index contributed by atoms with van der Waals surface area (Å²) in [6.07, 6.45) is -1.07. The number of nitrogens with zero attached hydrogens (tertiary/aromatic N) is 1. The largest absolute Gasteiger partial charge is 0.497 e. The van der Waals surface area contributed by atoms with E-state index in [0.29, 0.717) is 35.2 Å². The lowest BCUT2D eigenvalue weighted by Gasteiger charge is -2.35. The summed E-state index contributed by atoms with van der Waals surface area (Å²) in [5, 5.41) is 2.81. The average molecular weight is 483 g/mol. The molecular formula is C25H26N2O6S. The third kappa shape index (κ3) is 4.65. The van der Waals surface area contributed by atoms with Gasteiger partial charge in [0.15, 0.2) is 6.10 Å². The molecule has 1 atom stereocenters. The summed E-state index contributed by atoms with van der Waals surface area (Å²) in [5.74, 6) is 0.908. The molecule has 4 rings (SSSR count). The van der Waals surface area contributed by atoms with E-state index in [1.54, 1.807) is 54.6 Å². The molecule has 0 bridgehead atoms. The van der Waals surface area contributed by atoms with E-state index in [9.17, 15) is 13.2 Å². The molecule has 1 unspecified atom stereocenters. The average Bonchev–Trinajstić information content (AvgIpc) is 2.84. The molecule has 3 aromatic carbocycles. The summed E-state index contributed by atoms with van der Waals surface area (Å²) >= 11 is 0. The van der Waals surface area contributed by atoms with Crippen molar-refractivity contribution in [3.8, 4) is 17.2 Å². The van der Waals surface area contributed by atoms with Gasteiger partial charge in [0, 0.05) is 0 Å². The first-order chi connectivity index (χ1) is 16.3. The number of benzene rings is 3. The Morgan fingerprint density at radius 3 is 2.56 bits per heavy atom. The maximum Gasteiger partial charge on any atom is 0.267 e. The van der Waals surface area contributed by atoms with Crippen LogP contribution in [0.4, 0.5) is 11.4 Å². The minimum absolute atomic E-state index is 0.0857. The Morgan fingerprint density at radius 1 is 1.12 bits per heavy atom. The zero-order valence-electron chi connectivity index (χ0n) is 19.1. The van der Waals surface area contributed by atoms with Gasteiger partial charge in [-0.2, -0.15) is 0 Å². The number of hydrogen-bond acceptors (Lipinski definition) is 6. The number of hydrogen-bond donors (Lipinski definition) is 1. The van der Waals surface area contributed by atoms with Crippen LogP contribution < -0.4 is 23.8 Å². The number of ether oxygens (including phenoxy) is 3. The van der Waals surface area contributed by atoms with E-state index in [4.69, 9.17) is 14.2 Å². The number of methoxy groups -OCH3 is 1. The van der Waals surface area contributed by atoms with Gasteiger partial charge >= 0.3 is 0 Å². The summed E-state index contributed by atoms with van der Waals surface area (Å²) in [6.45, 7) is 3.97. The first-order valence-corrected chi connectivity index (χ1v) is 12.2. The number of sulfonamides is 1. The van der Waals surface area contributed by atoms with Gasteiger partial charge in [0.2, 0.25) is 0 Å². The number of rotatable bonds is 7. The number of carbonyl (C=O) groups is 1. The molecule has 8 nitrogen and oxygen atoms in total. The molecule has 3 aromatic rings. The zero-order valence-corrected chi connectivity index (χ0v) is 20.0.